The van der Waals surface area contributed by atoms with Crippen LogP contribution >= 0.6 is 0 Å². The molecular formula is C23H26N2O3. The van der Waals surface area contributed by atoms with Crippen LogP contribution in [0.25, 0.3) is 0 Å². The number of nitrogens with zero attached hydrogens (tertiary/aromatic N) is 1. The minimum atomic E-state index is -0.316. The van der Waals surface area contributed by atoms with E-state index in [1.807, 2.05) is 49.4 Å². The number of benzene rings is 2. The Morgan fingerprint density at radius 3 is 2.50 bits per heavy atom. The van der Waals surface area contributed by atoms with Crippen molar-refractivity contribution in [1.82, 2.24) is 5.32 Å². The highest BCUT2D eigenvalue weighted by atomic mass is 16.5. The van der Waals surface area contributed by atoms with Crippen molar-refractivity contribution in [2.45, 2.75) is 32.2 Å². The maximum absolute atomic E-state index is 12.9. The number of amides is 2. The molecule has 146 valence electrons. The normalized spacial score (nSPS) is 20.1. The standard InChI is InChI=1S/C23H26N2O3/c1-2-28-20-12-10-19(11-13-20)25-15-18(14-21(25)26)23(27)24-22(17-8-9-17)16-6-4-3-5-7-16/h3-7,10-13,17-18,22H,2,8-9,14-15H2,1H3,(H,24,27). The number of ether oxygens (including phenoxy) is 1. The molecule has 2 atom stereocenters. The molecule has 2 aromatic rings. The first-order chi connectivity index (χ1) is 13.7. The summed E-state index contributed by atoms with van der Waals surface area (Å²) >= 11 is 0. The molecule has 1 aliphatic heterocycles. The summed E-state index contributed by atoms with van der Waals surface area (Å²) in [6, 6.07) is 17.6. The lowest BCUT2D eigenvalue weighted by Gasteiger charge is -2.21. The van der Waals surface area contributed by atoms with Gasteiger partial charge in [0.25, 0.3) is 0 Å². The second kappa shape index (κ2) is 8.05. The van der Waals surface area contributed by atoms with Crippen molar-refractivity contribution in [2.75, 3.05) is 18.1 Å². The lowest BCUT2D eigenvalue weighted by atomic mass is 10.0. The number of hydrogen-bond acceptors (Lipinski definition) is 3. The van der Waals surface area contributed by atoms with Crippen molar-refractivity contribution in [1.29, 1.82) is 0 Å². The number of carbonyl (C=O) groups is 2. The third kappa shape index (κ3) is 4.03. The van der Waals surface area contributed by atoms with E-state index in [0.717, 1.165) is 29.8 Å². The molecule has 2 amide bonds. The molecule has 2 aromatic carbocycles. The Balaban J connectivity index is 1.42. The zero-order valence-electron chi connectivity index (χ0n) is 16.1. The molecule has 5 nitrogen and oxygen atoms in total. The highest BCUT2D eigenvalue weighted by molar-refractivity contribution is 6.00. The van der Waals surface area contributed by atoms with Crippen molar-refractivity contribution < 1.29 is 14.3 Å². The molecule has 0 bridgehead atoms. The number of rotatable bonds is 7. The fraction of sp³-hybridized carbons (Fsp3) is 0.391. The summed E-state index contributed by atoms with van der Waals surface area (Å²) in [5.74, 6) is 0.937. The van der Waals surface area contributed by atoms with Crippen LogP contribution in [0.5, 0.6) is 5.75 Å². The second-order valence-corrected chi connectivity index (χ2v) is 7.57. The fourth-order valence-electron chi connectivity index (χ4n) is 3.86. The Hall–Kier alpha value is -2.82. The zero-order valence-corrected chi connectivity index (χ0v) is 16.1. The van der Waals surface area contributed by atoms with E-state index in [9.17, 15) is 9.59 Å². The minimum absolute atomic E-state index is 0.00741. The van der Waals surface area contributed by atoms with Gasteiger partial charge in [-0.25, -0.2) is 0 Å². The first-order valence-corrected chi connectivity index (χ1v) is 10.0. The van der Waals surface area contributed by atoms with Crippen LogP contribution in [0.15, 0.2) is 54.6 Å². The highest BCUT2D eigenvalue weighted by Crippen LogP contribution is 2.41. The summed E-state index contributed by atoms with van der Waals surface area (Å²) in [5.41, 5.74) is 1.96. The molecule has 1 heterocycles. The molecule has 2 aliphatic rings. The topological polar surface area (TPSA) is 58.6 Å². The summed E-state index contributed by atoms with van der Waals surface area (Å²) in [6.45, 7) is 2.96. The van der Waals surface area contributed by atoms with E-state index in [1.165, 1.54) is 0 Å². The Bertz CT molecular complexity index is 831. The molecule has 4 rings (SSSR count). The quantitative estimate of drug-likeness (QED) is 0.799. The SMILES string of the molecule is CCOc1ccc(N2CC(C(=O)NC(c3ccccc3)C3CC3)CC2=O)cc1. The average molecular weight is 378 g/mol. The molecule has 5 heteroatoms. The molecular weight excluding hydrogens is 352 g/mol. The van der Waals surface area contributed by atoms with Crippen molar-refractivity contribution in [3.63, 3.8) is 0 Å². The van der Waals surface area contributed by atoms with Gasteiger partial charge in [0.05, 0.1) is 18.6 Å². The van der Waals surface area contributed by atoms with Crippen LogP contribution in [0.1, 0.15) is 37.8 Å². The summed E-state index contributed by atoms with van der Waals surface area (Å²) in [6.07, 6.45) is 2.54. The third-order valence-corrected chi connectivity index (χ3v) is 5.51. The van der Waals surface area contributed by atoms with Crippen LogP contribution in [0.2, 0.25) is 0 Å². The molecule has 0 spiro atoms. The highest BCUT2D eigenvalue weighted by Gasteiger charge is 2.39. The van der Waals surface area contributed by atoms with Gasteiger partial charge in [-0.2, -0.15) is 0 Å². The van der Waals surface area contributed by atoms with Crippen molar-refractivity contribution >= 4 is 17.5 Å². The molecule has 2 unspecified atom stereocenters. The monoisotopic (exact) mass is 378 g/mol. The summed E-state index contributed by atoms with van der Waals surface area (Å²) in [4.78, 5) is 27.1. The number of carbonyl (C=O) groups excluding carboxylic acids is 2. The minimum Gasteiger partial charge on any atom is -0.494 e. The summed E-state index contributed by atoms with van der Waals surface area (Å²) in [5, 5.41) is 3.22. The Labute approximate surface area is 165 Å². The molecule has 28 heavy (non-hydrogen) atoms. The van der Waals surface area contributed by atoms with Gasteiger partial charge in [-0.05, 0) is 55.5 Å². The average Bonchev–Trinajstić information content (AvgIpc) is 3.49. The molecule has 1 saturated heterocycles. The van der Waals surface area contributed by atoms with Crippen LogP contribution in [0.3, 0.4) is 0 Å². The van der Waals surface area contributed by atoms with E-state index >= 15 is 0 Å². The zero-order chi connectivity index (χ0) is 19.5. The second-order valence-electron chi connectivity index (χ2n) is 7.57. The van der Waals surface area contributed by atoms with Gasteiger partial charge in [-0.3, -0.25) is 9.59 Å². The van der Waals surface area contributed by atoms with E-state index in [0.29, 0.717) is 19.1 Å². The van der Waals surface area contributed by atoms with Gasteiger partial charge in [-0.15, -0.1) is 0 Å². The number of anilines is 1. The number of nitrogens with one attached hydrogen (secondary N) is 1. The first kappa shape index (κ1) is 18.5. The lowest BCUT2D eigenvalue weighted by Crippen LogP contribution is -2.36. The fourth-order valence-corrected chi connectivity index (χ4v) is 3.86. The van der Waals surface area contributed by atoms with Gasteiger partial charge in [0, 0.05) is 18.7 Å². The Kier molecular flexibility index (Phi) is 5.33. The molecule has 1 N–H and O–H groups in total. The van der Waals surface area contributed by atoms with Crippen LogP contribution in [-0.2, 0) is 9.59 Å². The maximum atomic E-state index is 12.9. The molecule has 1 saturated carbocycles. The summed E-state index contributed by atoms with van der Waals surface area (Å²) < 4.78 is 5.46. The van der Waals surface area contributed by atoms with Gasteiger partial charge in [0.2, 0.25) is 11.8 Å². The number of hydrogen-bond donors (Lipinski definition) is 1. The maximum Gasteiger partial charge on any atom is 0.227 e. The molecule has 0 aromatic heterocycles. The van der Waals surface area contributed by atoms with E-state index < -0.39 is 0 Å². The molecule has 2 fully saturated rings. The van der Waals surface area contributed by atoms with Gasteiger partial charge in [-0.1, -0.05) is 30.3 Å². The lowest BCUT2D eigenvalue weighted by molar-refractivity contribution is -0.127. The van der Waals surface area contributed by atoms with Gasteiger partial charge in [0.1, 0.15) is 5.75 Å². The van der Waals surface area contributed by atoms with Crippen LogP contribution < -0.4 is 15.0 Å². The predicted octanol–water partition coefficient (Wildman–Crippen LogP) is 3.71. The van der Waals surface area contributed by atoms with Crippen LogP contribution in [-0.4, -0.2) is 25.0 Å². The van der Waals surface area contributed by atoms with Gasteiger partial charge < -0.3 is 15.0 Å². The van der Waals surface area contributed by atoms with Crippen LogP contribution in [0.4, 0.5) is 5.69 Å². The van der Waals surface area contributed by atoms with E-state index in [2.05, 4.69) is 17.4 Å². The van der Waals surface area contributed by atoms with Gasteiger partial charge in [0.15, 0.2) is 0 Å². The first-order valence-electron chi connectivity index (χ1n) is 10.0. The van der Waals surface area contributed by atoms with Gasteiger partial charge >= 0.3 is 0 Å². The van der Waals surface area contributed by atoms with E-state index in [4.69, 9.17) is 4.74 Å². The van der Waals surface area contributed by atoms with E-state index in [-0.39, 0.29) is 30.2 Å². The van der Waals surface area contributed by atoms with Crippen molar-refractivity contribution in [3.8, 4) is 5.75 Å². The molecule has 0 radical (unpaired) electrons. The summed E-state index contributed by atoms with van der Waals surface area (Å²) in [7, 11) is 0. The Morgan fingerprint density at radius 2 is 1.86 bits per heavy atom. The van der Waals surface area contributed by atoms with E-state index in [1.54, 1.807) is 4.90 Å². The predicted molar refractivity (Wildman–Crippen MR) is 108 cm³/mol. The smallest absolute Gasteiger partial charge is 0.227 e. The third-order valence-electron chi connectivity index (χ3n) is 5.51. The Morgan fingerprint density at radius 1 is 1.14 bits per heavy atom. The largest absolute Gasteiger partial charge is 0.494 e. The van der Waals surface area contributed by atoms with Crippen molar-refractivity contribution in [2.24, 2.45) is 11.8 Å². The van der Waals surface area contributed by atoms with Crippen molar-refractivity contribution in [3.05, 3.63) is 60.2 Å². The molecule has 1 aliphatic carbocycles. The van der Waals surface area contributed by atoms with Crippen LogP contribution in [0, 0.1) is 11.8 Å².